The van der Waals surface area contributed by atoms with Crippen LogP contribution in [0.3, 0.4) is 0 Å². The fourth-order valence-corrected chi connectivity index (χ4v) is 4.91. The number of hydrogen-bond acceptors (Lipinski definition) is 6. The maximum atomic E-state index is 13.1. The lowest BCUT2D eigenvalue weighted by molar-refractivity contribution is -0.118. The largest absolute Gasteiger partial charge is 0.497 e. The standard InChI is InChI=1S/C23H20ClN3O3S2/c1-30-17-8-6-15(7-9-17)13-27-22(29)21-19(10-11-31-21)26-23(27)32-14-20(28)25-12-16-4-2-3-5-18(16)24/h2-11H,12-14H2,1H3,(H,25,28). The van der Waals surface area contributed by atoms with Crippen LogP contribution in [0.1, 0.15) is 11.1 Å². The van der Waals surface area contributed by atoms with Crippen LogP contribution in [0.5, 0.6) is 5.75 Å². The minimum absolute atomic E-state index is 0.111. The van der Waals surface area contributed by atoms with Crippen LogP contribution in [0.2, 0.25) is 5.02 Å². The van der Waals surface area contributed by atoms with Gasteiger partial charge in [-0.15, -0.1) is 11.3 Å². The van der Waals surface area contributed by atoms with Crippen LogP contribution in [0.4, 0.5) is 0 Å². The zero-order valence-electron chi connectivity index (χ0n) is 17.2. The Morgan fingerprint density at radius 3 is 2.72 bits per heavy atom. The molecule has 9 heteroatoms. The number of amides is 1. The number of ether oxygens (including phenoxy) is 1. The third-order valence-corrected chi connectivity index (χ3v) is 7.03. The van der Waals surface area contributed by atoms with Gasteiger partial charge in [0.15, 0.2) is 5.16 Å². The van der Waals surface area contributed by atoms with E-state index < -0.39 is 0 Å². The molecule has 0 bridgehead atoms. The Balaban J connectivity index is 1.51. The summed E-state index contributed by atoms with van der Waals surface area (Å²) >= 11 is 8.76. The Hall–Kier alpha value is -2.81. The first-order chi connectivity index (χ1) is 15.5. The van der Waals surface area contributed by atoms with Crippen LogP contribution in [0.15, 0.2) is 69.9 Å². The van der Waals surface area contributed by atoms with Crippen molar-refractivity contribution in [1.82, 2.24) is 14.9 Å². The SMILES string of the molecule is COc1ccc(Cn2c(SCC(=O)NCc3ccccc3Cl)nc3ccsc3c2=O)cc1. The summed E-state index contributed by atoms with van der Waals surface area (Å²) < 4.78 is 7.43. The van der Waals surface area contributed by atoms with E-state index in [1.54, 1.807) is 17.7 Å². The van der Waals surface area contributed by atoms with Gasteiger partial charge in [-0.3, -0.25) is 14.2 Å². The molecule has 2 aromatic heterocycles. The number of fused-ring (bicyclic) bond motifs is 1. The molecule has 0 radical (unpaired) electrons. The van der Waals surface area contributed by atoms with E-state index in [0.29, 0.717) is 33.5 Å². The Bertz CT molecular complexity index is 1300. The van der Waals surface area contributed by atoms with Gasteiger partial charge in [-0.25, -0.2) is 4.98 Å². The van der Waals surface area contributed by atoms with Crippen molar-refractivity contribution >= 4 is 50.8 Å². The Labute approximate surface area is 198 Å². The molecule has 6 nitrogen and oxygen atoms in total. The number of benzene rings is 2. The van der Waals surface area contributed by atoms with Gasteiger partial charge in [0.05, 0.1) is 24.9 Å². The van der Waals surface area contributed by atoms with Crippen LogP contribution in [-0.4, -0.2) is 28.3 Å². The summed E-state index contributed by atoms with van der Waals surface area (Å²) in [5, 5.41) is 5.83. The first-order valence-corrected chi connectivity index (χ1v) is 12.0. The van der Waals surface area contributed by atoms with E-state index in [2.05, 4.69) is 10.3 Å². The Morgan fingerprint density at radius 2 is 1.97 bits per heavy atom. The van der Waals surface area contributed by atoms with Crippen LogP contribution < -0.4 is 15.6 Å². The highest BCUT2D eigenvalue weighted by Gasteiger charge is 2.15. The molecular formula is C23H20ClN3O3S2. The predicted octanol–water partition coefficient (Wildman–Crippen LogP) is 4.58. The molecule has 0 aliphatic carbocycles. The van der Waals surface area contributed by atoms with E-state index in [-0.39, 0.29) is 17.2 Å². The molecule has 1 amide bonds. The fourth-order valence-electron chi connectivity index (χ4n) is 3.10. The lowest BCUT2D eigenvalue weighted by atomic mass is 10.2. The molecule has 4 aromatic rings. The number of carbonyl (C=O) groups excluding carboxylic acids is 1. The van der Waals surface area contributed by atoms with Crippen LogP contribution >= 0.6 is 34.7 Å². The van der Waals surface area contributed by atoms with Gasteiger partial charge in [0.25, 0.3) is 5.56 Å². The lowest BCUT2D eigenvalue weighted by Gasteiger charge is -2.13. The lowest BCUT2D eigenvalue weighted by Crippen LogP contribution is -2.26. The minimum atomic E-state index is -0.161. The number of thioether (sulfide) groups is 1. The van der Waals surface area contributed by atoms with Gasteiger partial charge in [-0.1, -0.05) is 53.7 Å². The van der Waals surface area contributed by atoms with Crippen molar-refractivity contribution in [3.8, 4) is 5.75 Å². The van der Waals surface area contributed by atoms with Gasteiger partial charge in [-0.05, 0) is 40.8 Å². The topological polar surface area (TPSA) is 73.2 Å². The smallest absolute Gasteiger partial charge is 0.272 e. The maximum Gasteiger partial charge on any atom is 0.272 e. The molecule has 0 unspecified atom stereocenters. The number of nitrogens with zero attached hydrogens (tertiary/aromatic N) is 2. The number of methoxy groups -OCH3 is 1. The van der Waals surface area contributed by atoms with Crippen molar-refractivity contribution in [1.29, 1.82) is 0 Å². The highest BCUT2D eigenvalue weighted by atomic mass is 35.5. The molecule has 0 aliphatic rings. The molecule has 0 aliphatic heterocycles. The van der Waals surface area contributed by atoms with Gasteiger partial charge >= 0.3 is 0 Å². The van der Waals surface area contributed by atoms with Crippen molar-refractivity contribution in [2.75, 3.05) is 12.9 Å². The van der Waals surface area contributed by atoms with Crippen molar-refractivity contribution in [3.63, 3.8) is 0 Å². The molecule has 0 saturated heterocycles. The van der Waals surface area contributed by atoms with Gasteiger partial charge in [-0.2, -0.15) is 0 Å². The number of halogens is 1. The van der Waals surface area contributed by atoms with E-state index in [9.17, 15) is 9.59 Å². The quantitative estimate of drug-likeness (QED) is 0.292. The number of aromatic nitrogens is 2. The summed E-state index contributed by atoms with van der Waals surface area (Å²) in [4.78, 5) is 30.2. The van der Waals surface area contributed by atoms with Crippen molar-refractivity contribution in [2.24, 2.45) is 0 Å². The predicted molar refractivity (Wildman–Crippen MR) is 130 cm³/mol. The second-order valence-electron chi connectivity index (χ2n) is 6.93. The molecule has 0 atom stereocenters. The summed E-state index contributed by atoms with van der Waals surface area (Å²) in [6.45, 7) is 0.696. The normalized spacial score (nSPS) is 10.9. The van der Waals surface area contributed by atoms with Crippen LogP contribution in [0, 0.1) is 0 Å². The third-order valence-electron chi connectivity index (χ3n) is 4.80. The van der Waals surface area contributed by atoms with Crippen molar-refractivity contribution in [2.45, 2.75) is 18.2 Å². The fraction of sp³-hybridized carbons (Fsp3) is 0.174. The maximum absolute atomic E-state index is 13.1. The van der Waals surface area contributed by atoms with Crippen LogP contribution in [-0.2, 0) is 17.9 Å². The average molecular weight is 486 g/mol. The third kappa shape index (κ3) is 5.15. The second-order valence-corrected chi connectivity index (χ2v) is 9.19. The number of rotatable bonds is 8. The molecule has 2 heterocycles. The highest BCUT2D eigenvalue weighted by Crippen LogP contribution is 2.22. The molecular weight excluding hydrogens is 466 g/mol. The molecule has 4 rings (SSSR count). The number of nitrogens with one attached hydrogen (secondary N) is 1. The molecule has 0 saturated carbocycles. The van der Waals surface area contributed by atoms with Gasteiger partial charge in [0, 0.05) is 11.6 Å². The van der Waals surface area contributed by atoms with Crippen molar-refractivity contribution in [3.05, 3.63) is 86.5 Å². The molecule has 164 valence electrons. The average Bonchev–Trinajstić information content (AvgIpc) is 3.28. The van der Waals surface area contributed by atoms with E-state index >= 15 is 0 Å². The van der Waals surface area contributed by atoms with Gasteiger partial charge in [0.1, 0.15) is 10.4 Å². The number of carbonyl (C=O) groups is 1. The Morgan fingerprint density at radius 1 is 1.19 bits per heavy atom. The first kappa shape index (κ1) is 22.4. The zero-order chi connectivity index (χ0) is 22.5. The summed E-state index contributed by atoms with van der Waals surface area (Å²) in [6, 6.07) is 16.7. The summed E-state index contributed by atoms with van der Waals surface area (Å²) in [7, 11) is 1.61. The second kappa shape index (κ2) is 10.2. The number of hydrogen-bond donors (Lipinski definition) is 1. The summed E-state index contributed by atoms with van der Waals surface area (Å²) in [6.07, 6.45) is 0. The molecule has 0 fully saturated rings. The summed E-state index contributed by atoms with van der Waals surface area (Å²) in [5.41, 5.74) is 2.32. The van der Waals surface area contributed by atoms with Crippen molar-refractivity contribution < 1.29 is 9.53 Å². The van der Waals surface area contributed by atoms with E-state index in [1.807, 2.05) is 53.9 Å². The molecule has 32 heavy (non-hydrogen) atoms. The van der Waals surface area contributed by atoms with E-state index in [4.69, 9.17) is 16.3 Å². The molecule has 1 N–H and O–H groups in total. The molecule has 0 spiro atoms. The monoisotopic (exact) mass is 485 g/mol. The zero-order valence-corrected chi connectivity index (χ0v) is 19.6. The van der Waals surface area contributed by atoms with E-state index in [0.717, 1.165) is 16.9 Å². The van der Waals surface area contributed by atoms with Gasteiger partial charge in [0.2, 0.25) is 5.91 Å². The van der Waals surface area contributed by atoms with Gasteiger partial charge < -0.3 is 10.1 Å². The first-order valence-electron chi connectivity index (χ1n) is 9.79. The molecule has 2 aromatic carbocycles. The van der Waals surface area contributed by atoms with Crippen LogP contribution in [0.25, 0.3) is 10.2 Å². The number of thiophene rings is 1. The summed E-state index contributed by atoms with van der Waals surface area (Å²) in [5.74, 6) is 0.720. The Kier molecular flexibility index (Phi) is 7.14. The minimum Gasteiger partial charge on any atom is -0.497 e. The highest BCUT2D eigenvalue weighted by molar-refractivity contribution is 7.99. The van der Waals surface area contributed by atoms with E-state index in [1.165, 1.54) is 23.1 Å².